The summed E-state index contributed by atoms with van der Waals surface area (Å²) < 4.78 is 30.2. The monoisotopic (exact) mass is 212 g/mol. The van der Waals surface area contributed by atoms with E-state index in [9.17, 15) is 13.2 Å². The molecule has 0 N–H and O–H groups in total. The van der Waals surface area contributed by atoms with Gasteiger partial charge in [0.15, 0.2) is 0 Å². The predicted molar refractivity (Wildman–Crippen MR) is 52.0 cm³/mol. The molecule has 0 aromatic heterocycles. The summed E-state index contributed by atoms with van der Waals surface area (Å²) in [6.45, 7) is -3.67. The molecule has 14 heavy (non-hydrogen) atoms. The Hall–Kier alpha value is -0.250. The Bertz CT molecular complexity index is 134. The summed E-state index contributed by atoms with van der Waals surface area (Å²) in [6, 6.07) is 0.939. The van der Waals surface area contributed by atoms with E-state index in [1.807, 2.05) is 0 Å². The van der Waals surface area contributed by atoms with Crippen LogP contribution in [0.5, 0.6) is 0 Å². The van der Waals surface area contributed by atoms with Crippen molar-refractivity contribution in [3.63, 3.8) is 0 Å². The van der Waals surface area contributed by atoms with E-state index in [1.54, 1.807) is 0 Å². The number of rotatable bonds is 1. The molecule has 0 atom stereocenters. The highest BCUT2D eigenvalue weighted by Gasteiger charge is 2.24. The summed E-state index contributed by atoms with van der Waals surface area (Å²) in [5.41, 5.74) is 0. The van der Waals surface area contributed by atoms with E-state index in [4.69, 9.17) is 0 Å². The first-order chi connectivity index (χ1) is 6.34. The van der Waals surface area contributed by atoms with Crippen molar-refractivity contribution in [1.29, 1.82) is 0 Å². The topological polar surface area (TPSA) is 0 Å². The first-order valence-electron chi connectivity index (χ1n) is 5.07. The molecule has 1 aliphatic carbocycles. The minimum Gasteiger partial charge on any atom is -0.328 e. The number of nitrogens with zero attached hydrogens (tertiary/aromatic N) is 1. The summed E-state index contributed by atoms with van der Waals surface area (Å²) in [5, 5.41) is 0. The number of hydrogen-bond donors (Lipinski definition) is 0. The third kappa shape index (κ3) is 7.18. The van der Waals surface area contributed by atoms with Crippen LogP contribution in [0.3, 0.4) is 0 Å². The Kier molecular flexibility index (Phi) is 6.16. The van der Waals surface area contributed by atoms with Crippen LogP contribution < -0.4 is 0 Å². The molecule has 0 radical (unpaired) electrons. The number of hydrogen-bond acceptors (Lipinski definition) is 0. The molecule has 86 valence electrons. The Balaban J connectivity index is 0.000000364. The lowest BCUT2D eigenvalue weighted by atomic mass is 9.94. The molecule has 0 aromatic rings. The molecule has 0 unspecified atom stereocenters. The van der Waals surface area contributed by atoms with Crippen LogP contribution in [-0.4, -0.2) is 38.3 Å². The van der Waals surface area contributed by atoms with Gasteiger partial charge in [-0.3, -0.25) is 0 Å². The van der Waals surface area contributed by atoms with E-state index in [2.05, 4.69) is 21.1 Å². The Morgan fingerprint density at radius 2 is 1.29 bits per heavy atom. The van der Waals surface area contributed by atoms with Crippen molar-refractivity contribution in [3.05, 3.63) is 0 Å². The molecule has 0 heterocycles. The number of halogens is 3. The van der Waals surface area contributed by atoms with Crippen LogP contribution in [0, 0.1) is 0 Å². The molecule has 0 aromatic carbocycles. The lowest BCUT2D eigenvalue weighted by Crippen LogP contribution is -2.45. The minimum absolute atomic E-state index is 0.939. The van der Waals surface area contributed by atoms with Crippen LogP contribution in [0.1, 0.15) is 32.1 Å². The summed E-state index contributed by atoms with van der Waals surface area (Å²) >= 11 is 0. The zero-order valence-electron chi connectivity index (χ0n) is 9.27. The maximum absolute atomic E-state index is 9.67. The van der Waals surface area contributed by atoms with Gasteiger partial charge < -0.3 is 4.48 Å². The molecule has 4 heteroatoms. The largest absolute Gasteiger partial charge is 0.379 e. The van der Waals surface area contributed by atoms with Gasteiger partial charge in [0.2, 0.25) is 0 Å². The second-order valence-electron chi connectivity index (χ2n) is 4.66. The average Bonchev–Trinajstić information content (AvgIpc) is 2.03. The highest BCUT2D eigenvalue weighted by atomic mass is 19.4. The highest BCUT2D eigenvalue weighted by molar-refractivity contribution is 4.64. The second kappa shape index (κ2) is 6.27. The molecule has 1 rings (SSSR count). The third-order valence-corrected chi connectivity index (χ3v) is 2.67. The van der Waals surface area contributed by atoms with E-state index in [0.29, 0.717) is 0 Å². The quantitative estimate of drug-likeness (QED) is 0.585. The molecule has 1 fully saturated rings. The summed E-state index contributed by atoms with van der Waals surface area (Å²) in [6.07, 6.45) is 7.28. The van der Waals surface area contributed by atoms with Gasteiger partial charge in [-0.25, -0.2) is 0 Å². The predicted octanol–water partition coefficient (Wildman–Crippen LogP) is 3.20. The Morgan fingerprint density at radius 1 is 0.929 bits per heavy atom. The van der Waals surface area contributed by atoms with E-state index in [0.717, 1.165) is 6.04 Å². The first-order valence-corrected chi connectivity index (χ1v) is 5.07. The zero-order chi connectivity index (χ0) is 11.2. The molecular weight excluding hydrogens is 191 g/mol. The van der Waals surface area contributed by atoms with Crippen molar-refractivity contribution in [1.82, 2.24) is 0 Å². The van der Waals surface area contributed by atoms with Gasteiger partial charge in [-0.05, 0) is 25.7 Å². The normalized spacial score (nSPS) is 19.1. The van der Waals surface area contributed by atoms with Crippen molar-refractivity contribution in [3.8, 4) is 0 Å². The molecule has 1 nitrogen and oxygen atoms in total. The van der Waals surface area contributed by atoms with Crippen LogP contribution in [0.15, 0.2) is 0 Å². The molecule has 1 aliphatic rings. The number of alkyl halides is 3. The van der Waals surface area contributed by atoms with Crippen LogP contribution in [0.4, 0.5) is 13.2 Å². The van der Waals surface area contributed by atoms with Crippen LogP contribution in [0.25, 0.3) is 0 Å². The summed E-state index contributed by atoms with van der Waals surface area (Å²) in [7, 11) is 6.95. The fraction of sp³-hybridized carbons (Fsp3) is 1.00. The van der Waals surface area contributed by atoms with Gasteiger partial charge >= 0.3 is 6.68 Å². The van der Waals surface area contributed by atoms with E-state index >= 15 is 0 Å². The first kappa shape index (κ1) is 13.8. The summed E-state index contributed by atoms with van der Waals surface area (Å²) in [5.74, 6) is 0. The lowest BCUT2D eigenvalue weighted by molar-refractivity contribution is -0.897. The fourth-order valence-electron chi connectivity index (χ4n) is 1.86. The lowest BCUT2D eigenvalue weighted by Gasteiger charge is -2.36. The van der Waals surface area contributed by atoms with Crippen molar-refractivity contribution >= 4 is 0 Å². The van der Waals surface area contributed by atoms with Gasteiger partial charge in [-0.1, -0.05) is 6.42 Å². The van der Waals surface area contributed by atoms with Crippen molar-refractivity contribution in [2.45, 2.75) is 44.8 Å². The third-order valence-electron chi connectivity index (χ3n) is 2.67. The molecule has 0 aliphatic heterocycles. The van der Waals surface area contributed by atoms with Gasteiger partial charge in [-0.15, -0.1) is 0 Å². The highest BCUT2D eigenvalue weighted by Crippen LogP contribution is 2.23. The summed E-state index contributed by atoms with van der Waals surface area (Å²) in [4.78, 5) is 0. The van der Waals surface area contributed by atoms with Crippen molar-refractivity contribution in [2.75, 3.05) is 21.1 Å². The number of quaternary nitrogens is 1. The Labute approximate surface area is 84.5 Å². The molecular formula is C10H21F3N+. The SMILES string of the molecule is C[N+](C)(C)C1CCCCC1.FC(F)F. The van der Waals surface area contributed by atoms with Crippen LogP contribution in [0.2, 0.25) is 0 Å². The fourth-order valence-corrected chi connectivity index (χ4v) is 1.86. The van der Waals surface area contributed by atoms with Crippen LogP contribution in [-0.2, 0) is 0 Å². The van der Waals surface area contributed by atoms with Crippen molar-refractivity contribution < 1.29 is 17.7 Å². The van der Waals surface area contributed by atoms with Gasteiger partial charge in [0.05, 0.1) is 27.2 Å². The molecule has 1 saturated carbocycles. The van der Waals surface area contributed by atoms with E-state index in [1.165, 1.54) is 36.6 Å². The molecule has 0 bridgehead atoms. The van der Waals surface area contributed by atoms with E-state index < -0.39 is 6.68 Å². The van der Waals surface area contributed by atoms with Crippen molar-refractivity contribution in [2.24, 2.45) is 0 Å². The van der Waals surface area contributed by atoms with Gasteiger partial charge in [0.1, 0.15) is 0 Å². The zero-order valence-corrected chi connectivity index (χ0v) is 9.27. The van der Waals surface area contributed by atoms with Crippen LogP contribution >= 0.6 is 0 Å². The Morgan fingerprint density at radius 3 is 1.50 bits per heavy atom. The maximum Gasteiger partial charge on any atom is 0.379 e. The average molecular weight is 212 g/mol. The maximum atomic E-state index is 9.67. The van der Waals surface area contributed by atoms with Gasteiger partial charge in [0.25, 0.3) is 0 Å². The van der Waals surface area contributed by atoms with Gasteiger partial charge in [0, 0.05) is 0 Å². The molecule has 0 amide bonds. The smallest absolute Gasteiger partial charge is 0.328 e. The van der Waals surface area contributed by atoms with Gasteiger partial charge in [-0.2, -0.15) is 13.2 Å². The molecule has 0 spiro atoms. The molecule has 0 saturated heterocycles. The minimum atomic E-state index is -3.67. The second-order valence-corrected chi connectivity index (χ2v) is 4.66. The standard InChI is InChI=1S/C9H20N.CHF3/c1-10(2,3)9-7-5-4-6-8-9;2-1(3)4/h9H,4-8H2,1-3H3;1H/q+1;. The van der Waals surface area contributed by atoms with E-state index in [-0.39, 0.29) is 0 Å².